The molecule has 8 nitrogen and oxygen atoms in total. The van der Waals surface area contributed by atoms with E-state index in [0.29, 0.717) is 98.9 Å². The van der Waals surface area contributed by atoms with E-state index < -0.39 is 5.92 Å². The number of nitrogens with one attached hydrogen (secondary N) is 1. The zero-order valence-electron chi connectivity index (χ0n) is 25.6. The van der Waals surface area contributed by atoms with Crippen LogP contribution < -0.4 is 10.9 Å². The molecule has 5 heterocycles. The van der Waals surface area contributed by atoms with Crippen LogP contribution in [-0.2, 0) is 39.3 Å². The Morgan fingerprint density at radius 1 is 1.09 bits per heavy atom. The number of nitrogens with zero attached hydrogens (tertiary/aromatic N) is 4. The van der Waals surface area contributed by atoms with E-state index in [2.05, 4.69) is 29.0 Å². The molecule has 11 heteroatoms. The Labute approximate surface area is 269 Å². The number of fused-ring (bicyclic) bond motifs is 9. The second-order valence-corrected chi connectivity index (χ2v) is 11.9. The summed E-state index contributed by atoms with van der Waals surface area (Å²) in [5, 5.41) is 4.17. The molecule has 3 aliphatic heterocycles. The molecule has 1 N–H and O–H groups in total. The molecule has 1 atom stereocenters. The summed E-state index contributed by atoms with van der Waals surface area (Å²) in [6.45, 7) is 15.8. The van der Waals surface area contributed by atoms with E-state index in [1.54, 1.807) is 23.6 Å². The summed E-state index contributed by atoms with van der Waals surface area (Å²) in [5.74, 6) is -1.93. The molecule has 3 aliphatic rings. The molecule has 6 rings (SSSR count). The van der Waals surface area contributed by atoms with Crippen molar-refractivity contribution < 1.29 is 35.6 Å². The van der Waals surface area contributed by atoms with Gasteiger partial charge in [0.15, 0.2) is 0 Å². The van der Waals surface area contributed by atoms with Crippen LogP contribution >= 0.6 is 0 Å². The molecule has 1 saturated heterocycles. The van der Waals surface area contributed by atoms with Crippen LogP contribution in [0.4, 0.5) is 14.6 Å². The van der Waals surface area contributed by atoms with Gasteiger partial charge in [-0.25, -0.2) is 18.7 Å². The van der Waals surface area contributed by atoms with Crippen molar-refractivity contribution in [3.63, 3.8) is 0 Å². The number of benzene rings is 1. The minimum atomic E-state index is -2.90. The minimum absolute atomic E-state index is 0.00376. The van der Waals surface area contributed by atoms with Crippen molar-refractivity contribution in [3.8, 4) is 0 Å². The maximum atomic E-state index is 15.4. The Kier molecular flexibility index (Phi) is 12.3. The van der Waals surface area contributed by atoms with Gasteiger partial charge in [0.25, 0.3) is 11.5 Å². The van der Waals surface area contributed by atoms with Gasteiger partial charge in [-0.2, -0.15) is 12.8 Å². The molecule has 0 unspecified atom stereocenters. The van der Waals surface area contributed by atoms with Gasteiger partial charge in [-0.1, -0.05) is 24.1 Å². The second kappa shape index (κ2) is 15.7. The van der Waals surface area contributed by atoms with E-state index in [1.807, 2.05) is 19.1 Å². The van der Waals surface area contributed by atoms with Crippen LogP contribution in [0.3, 0.4) is 0 Å². The summed E-state index contributed by atoms with van der Waals surface area (Å²) in [5.41, 5.74) is 1.89. The number of halogens is 2. The zero-order valence-corrected chi connectivity index (χ0v) is 28.2. The molecular weight excluding hydrogens is 743 g/mol. The van der Waals surface area contributed by atoms with Crippen LogP contribution in [-0.4, -0.2) is 52.3 Å². The first kappa shape index (κ1) is 34.4. The number of anilines is 1. The van der Waals surface area contributed by atoms with Gasteiger partial charge in [-0.05, 0) is 63.3 Å². The summed E-state index contributed by atoms with van der Waals surface area (Å²) in [6.07, 6.45) is 3.50. The normalized spacial score (nSPS) is 22.6. The molecule has 0 amide bonds. The average Bonchev–Trinajstić information content (AvgIpc) is 2.99. The molecule has 8 bridgehead atoms. The van der Waals surface area contributed by atoms with Crippen molar-refractivity contribution in [1.82, 2.24) is 19.4 Å². The Bertz CT molecular complexity index is 1460. The van der Waals surface area contributed by atoms with E-state index in [-0.39, 0.29) is 35.4 Å². The van der Waals surface area contributed by atoms with Gasteiger partial charge < -0.3 is 28.8 Å². The van der Waals surface area contributed by atoms with Crippen molar-refractivity contribution in [2.45, 2.75) is 76.8 Å². The molecule has 44 heavy (non-hydrogen) atoms. The summed E-state index contributed by atoms with van der Waals surface area (Å²) >= 11 is 0.611. The summed E-state index contributed by atoms with van der Waals surface area (Å²) in [6, 6.07) is 8.25. The third-order valence-corrected chi connectivity index (χ3v) is 8.65. The number of aryl methyl sites for hydroxylation is 2. The van der Waals surface area contributed by atoms with Gasteiger partial charge in [-0.3, -0.25) is 9.36 Å². The predicted molar refractivity (Wildman–Crippen MR) is 164 cm³/mol. The van der Waals surface area contributed by atoms with Gasteiger partial charge >= 0.3 is 22.1 Å². The van der Waals surface area contributed by atoms with Crippen LogP contribution in [0.1, 0.15) is 79.9 Å². The summed E-state index contributed by atoms with van der Waals surface area (Å²) < 4.78 is 46.8. The SMILES string of the molecule is [CH2-]CC(C[CH2-])c1cc2c3nc(C)nc2n(c1=O)CCCOCCCCN1CC(C1)CC(F)(F)c1cccc(c1)[C@@H](C)N3.[O]=[Os]. The molecule has 0 aliphatic carbocycles. The van der Waals surface area contributed by atoms with E-state index >= 15 is 8.78 Å². The van der Waals surface area contributed by atoms with Crippen molar-refractivity contribution in [1.29, 1.82) is 0 Å². The quantitative estimate of drug-likeness (QED) is 0.312. The van der Waals surface area contributed by atoms with Crippen LogP contribution in [0.5, 0.6) is 0 Å². The van der Waals surface area contributed by atoms with Gasteiger partial charge in [0.2, 0.25) is 0 Å². The monoisotopic (exact) mass is 787 g/mol. The summed E-state index contributed by atoms with van der Waals surface area (Å²) in [7, 11) is 0. The predicted octanol–water partition coefficient (Wildman–Crippen LogP) is 6.30. The van der Waals surface area contributed by atoms with Crippen LogP contribution in [0, 0.1) is 26.7 Å². The van der Waals surface area contributed by atoms with Gasteiger partial charge in [0, 0.05) is 56.4 Å². The number of hydrogen-bond donors (Lipinski definition) is 1. The second-order valence-electron chi connectivity index (χ2n) is 11.9. The molecule has 0 radical (unpaired) electrons. The first-order chi connectivity index (χ1) is 21.2. The topological polar surface area (TPSA) is 89.3 Å². The van der Waals surface area contributed by atoms with Crippen molar-refractivity contribution in [2.24, 2.45) is 5.92 Å². The standard InChI is InChI=1S/C33H43F2N5O2.O.Os/c1-5-25(6-2)28-18-29-30-36-22(3)26-11-9-12-27(17-26)33(34,35)19-24-20-39(21-24)13-7-8-15-42-16-10-14-40(32(28)41)31(29)38-23(4)37-30;;/h9,11-12,17-18,22,24-25H,1-2,5-8,10,13-16,19-21H2,3-4H3,(H,36,37,38);;/q-2;;/t22-;;/m1../s1. The Balaban J connectivity index is 0.00000216. The number of hydrogen-bond acceptors (Lipinski definition) is 7. The summed E-state index contributed by atoms with van der Waals surface area (Å²) in [4.78, 5) is 25.4. The third kappa shape index (κ3) is 8.02. The zero-order chi connectivity index (χ0) is 31.9. The van der Waals surface area contributed by atoms with Gasteiger partial charge in [-0.15, -0.1) is 0 Å². The van der Waals surface area contributed by atoms with Crippen LogP contribution in [0.25, 0.3) is 11.0 Å². The molecule has 0 spiro atoms. The molecule has 0 saturated carbocycles. The van der Waals surface area contributed by atoms with E-state index in [9.17, 15) is 4.79 Å². The average molecular weight is 786 g/mol. The van der Waals surface area contributed by atoms with Crippen LogP contribution in [0.15, 0.2) is 35.1 Å². The van der Waals surface area contributed by atoms with Crippen molar-refractivity contribution in [2.75, 3.05) is 38.2 Å². The van der Waals surface area contributed by atoms with Gasteiger partial charge in [0.1, 0.15) is 17.3 Å². The first-order valence-electron chi connectivity index (χ1n) is 15.4. The number of ether oxygens (including phenoxy) is 1. The van der Waals surface area contributed by atoms with E-state index in [1.165, 1.54) is 6.07 Å². The molecule has 1 aromatic carbocycles. The molecule has 2 aromatic heterocycles. The fourth-order valence-electron chi connectivity index (χ4n) is 6.20. The van der Waals surface area contributed by atoms with Crippen molar-refractivity contribution >= 4 is 16.9 Å². The molecular formula is C33H43F2N5O3Os-2. The number of aromatic nitrogens is 3. The number of alkyl halides is 2. The Hall–Kier alpha value is -2.47. The van der Waals surface area contributed by atoms with E-state index in [0.717, 1.165) is 24.9 Å². The fraction of sp³-hybridized carbons (Fsp3) is 0.545. The maximum absolute atomic E-state index is 15.4. The van der Waals surface area contributed by atoms with Crippen molar-refractivity contribution in [3.05, 3.63) is 77.0 Å². The molecule has 242 valence electrons. The number of pyridine rings is 1. The third-order valence-electron chi connectivity index (χ3n) is 8.65. The first-order valence-corrected chi connectivity index (χ1v) is 16.4. The Morgan fingerprint density at radius 2 is 1.82 bits per heavy atom. The van der Waals surface area contributed by atoms with Crippen LogP contribution in [0.2, 0.25) is 0 Å². The Morgan fingerprint density at radius 3 is 2.55 bits per heavy atom. The number of rotatable bonds is 3. The van der Waals surface area contributed by atoms with E-state index in [4.69, 9.17) is 13.3 Å². The molecule has 3 aromatic rings. The fourth-order valence-corrected chi connectivity index (χ4v) is 6.20. The van der Waals surface area contributed by atoms with Gasteiger partial charge in [0.05, 0.1) is 5.39 Å². The molecule has 1 fully saturated rings.